The number of rotatable bonds is 13. The molecule has 5 amide bonds. The van der Waals surface area contributed by atoms with E-state index in [0.29, 0.717) is 49.5 Å². The summed E-state index contributed by atoms with van der Waals surface area (Å²) in [6, 6.07) is 29.4. The molecule has 4 rings (SSSR count). The lowest BCUT2D eigenvalue weighted by Crippen LogP contribution is -2.30. The molecule has 0 aliphatic heterocycles. The van der Waals surface area contributed by atoms with Crippen LogP contribution in [-0.4, -0.2) is 37.9 Å². The highest BCUT2D eigenvalue weighted by atomic mass is 16.5. The molecule has 0 radical (unpaired) electrons. The van der Waals surface area contributed by atoms with Crippen molar-refractivity contribution in [2.45, 2.75) is 26.2 Å². The number of ether oxygens (including phenoxy) is 2. The van der Waals surface area contributed by atoms with Gasteiger partial charge >= 0.3 is 18.2 Å². The Balaban J connectivity index is 1.09. The van der Waals surface area contributed by atoms with Crippen LogP contribution in [0, 0.1) is 11.5 Å². The first-order valence-electron chi connectivity index (χ1n) is 14.9. The number of hydrogen-bond donors (Lipinski definition) is 5. The summed E-state index contributed by atoms with van der Waals surface area (Å²) in [5, 5.41) is 22.3. The maximum absolute atomic E-state index is 12.3. The molecule has 11 nitrogen and oxygen atoms in total. The molecule has 4 aromatic rings. The summed E-state index contributed by atoms with van der Waals surface area (Å²) < 4.78 is 10.0. The normalized spacial score (nSPS) is 10.2. The van der Waals surface area contributed by atoms with E-state index < -0.39 is 6.09 Å². The minimum Gasteiger partial charge on any atom is -0.449 e. The van der Waals surface area contributed by atoms with Crippen LogP contribution in [0.3, 0.4) is 0 Å². The second-order valence-electron chi connectivity index (χ2n) is 10.3. The maximum Gasteiger partial charge on any atom is 0.411 e. The molecule has 5 N–H and O–H groups in total. The Morgan fingerprint density at radius 3 is 1.52 bits per heavy atom. The highest BCUT2D eigenvalue weighted by Gasteiger charge is 2.06. The third-order valence-electron chi connectivity index (χ3n) is 6.70. The molecule has 0 aliphatic carbocycles. The average Bonchev–Trinajstić information content (AvgIpc) is 3.05. The molecular formula is C35H36N6O5. The second-order valence-corrected chi connectivity index (χ2v) is 10.3. The van der Waals surface area contributed by atoms with Crippen LogP contribution in [0.5, 0.6) is 5.75 Å². The minimum absolute atomic E-state index is 0.146. The molecule has 236 valence electrons. The fourth-order valence-electron chi connectivity index (χ4n) is 4.42. The molecule has 11 heteroatoms. The summed E-state index contributed by atoms with van der Waals surface area (Å²) in [7, 11) is 0. The zero-order chi connectivity index (χ0) is 32.6. The van der Waals surface area contributed by atoms with E-state index >= 15 is 0 Å². The Kier molecular flexibility index (Phi) is 12.4. The SMILES string of the molecule is CCNC(=O)Nc1ccc(Cc2ccc(NC(=O)NCCCOC(=O)Nc3ccc(Cc4ccc(OC#N)cc4)cc3)cc2)cc1. The van der Waals surface area contributed by atoms with E-state index in [1.165, 1.54) is 0 Å². The zero-order valence-electron chi connectivity index (χ0n) is 25.5. The number of carbonyl (C=O) groups excluding carboxylic acids is 3. The lowest BCUT2D eigenvalue weighted by Gasteiger charge is -2.10. The molecule has 0 aromatic heterocycles. The fourth-order valence-corrected chi connectivity index (χ4v) is 4.42. The maximum atomic E-state index is 12.3. The van der Waals surface area contributed by atoms with Gasteiger partial charge in [0.1, 0.15) is 5.75 Å². The Hall–Kier alpha value is -6.02. The van der Waals surface area contributed by atoms with Crippen LogP contribution in [0.4, 0.5) is 31.4 Å². The molecular weight excluding hydrogens is 584 g/mol. The Morgan fingerprint density at radius 1 is 0.630 bits per heavy atom. The van der Waals surface area contributed by atoms with Crippen LogP contribution in [0.1, 0.15) is 35.6 Å². The fraction of sp³-hybridized carbons (Fsp3) is 0.200. The van der Waals surface area contributed by atoms with Gasteiger partial charge in [-0.25, -0.2) is 14.4 Å². The molecule has 0 unspecified atom stereocenters. The first kappa shape index (κ1) is 32.9. The lowest BCUT2D eigenvalue weighted by atomic mass is 10.0. The molecule has 0 fully saturated rings. The highest BCUT2D eigenvalue weighted by Crippen LogP contribution is 2.18. The smallest absolute Gasteiger partial charge is 0.411 e. The van der Waals surface area contributed by atoms with E-state index in [0.717, 1.165) is 27.9 Å². The summed E-state index contributed by atoms with van der Waals surface area (Å²) in [5.74, 6) is 0.496. The number of urea groups is 2. The van der Waals surface area contributed by atoms with Gasteiger partial charge in [0, 0.05) is 30.2 Å². The highest BCUT2D eigenvalue weighted by molar-refractivity contribution is 5.89. The van der Waals surface area contributed by atoms with E-state index in [9.17, 15) is 14.4 Å². The van der Waals surface area contributed by atoms with Crippen molar-refractivity contribution >= 4 is 35.2 Å². The Labute approximate surface area is 267 Å². The molecule has 0 bridgehead atoms. The van der Waals surface area contributed by atoms with Crippen LogP contribution in [-0.2, 0) is 17.6 Å². The number of anilines is 3. The van der Waals surface area contributed by atoms with E-state index in [2.05, 4.69) is 26.6 Å². The quantitative estimate of drug-likeness (QED) is 0.0835. The standard InChI is InChI=1S/C35H36N6O5/c1-2-37-33(42)39-29-12-4-25(5-13-29)22-26-6-14-30(15-7-26)40-34(43)38-20-3-21-45-35(44)41-31-16-8-27(9-17-31)23-28-10-18-32(19-11-28)46-24-36/h4-19H,2-3,20-23H2,1H3,(H,41,44)(H2,37,39,42)(H2,38,40,43). The van der Waals surface area contributed by atoms with Crippen molar-refractivity contribution in [2.75, 3.05) is 35.6 Å². The molecule has 0 saturated carbocycles. The molecule has 0 spiro atoms. The average molecular weight is 621 g/mol. The Bertz CT molecular complexity index is 1620. The van der Waals surface area contributed by atoms with Gasteiger partial charge in [0.15, 0.2) is 0 Å². The van der Waals surface area contributed by atoms with E-state index in [1.54, 1.807) is 30.5 Å². The number of nitrogens with one attached hydrogen (secondary N) is 5. The van der Waals surface area contributed by atoms with Crippen molar-refractivity contribution in [2.24, 2.45) is 0 Å². The first-order chi connectivity index (χ1) is 22.4. The van der Waals surface area contributed by atoms with Gasteiger partial charge in [-0.3, -0.25) is 5.32 Å². The largest absolute Gasteiger partial charge is 0.449 e. The van der Waals surface area contributed by atoms with Crippen LogP contribution in [0.15, 0.2) is 97.1 Å². The monoisotopic (exact) mass is 620 g/mol. The molecule has 0 atom stereocenters. The van der Waals surface area contributed by atoms with Gasteiger partial charge in [0.25, 0.3) is 6.26 Å². The van der Waals surface area contributed by atoms with Crippen molar-refractivity contribution < 1.29 is 23.9 Å². The summed E-state index contributed by atoms with van der Waals surface area (Å²) in [5.41, 5.74) is 6.29. The minimum atomic E-state index is -0.572. The molecule has 46 heavy (non-hydrogen) atoms. The molecule has 0 aliphatic rings. The van der Waals surface area contributed by atoms with Crippen molar-refractivity contribution in [3.05, 3.63) is 119 Å². The zero-order valence-corrected chi connectivity index (χ0v) is 25.5. The van der Waals surface area contributed by atoms with Crippen LogP contribution in [0.2, 0.25) is 0 Å². The number of nitriles is 1. The van der Waals surface area contributed by atoms with Crippen LogP contribution < -0.4 is 31.3 Å². The second kappa shape index (κ2) is 17.3. The number of nitrogens with zero attached hydrogens (tertiary/aromatic N) is 1. The van der Waals surface area contributed by atoms with Crippen molar-refractivity contribution in [1.82, 2.24) is 10.6 Å². The van der Waals surface area contributed by atoms with Gasteiger partial charge in [-0.15, -0.1) is 5.26 Å². The summed E-state index contributed by atoms with van der Waals surface area (Å²) in [6.07, 6.45) is 2.93. The summed E-state index contributed by atoms with van der Waals surface area (Å²) in [4.78, 5) is 36.1. The number of benzene rings is 4. The van der Waals surface area contributed by atoms with Crippen molar-refractivity contribution in [1.29, 1.82) is 5.26 Å². The van der Waals surface area contributed by atoms with Gasteiger partial charge in [0.2, 0.25) is 0 Å². The number of carbonyl (C=O) groups is 3. The van der Waals surface area contributed by atoms with E-state index in [1.807, 2.05) is 79.7 Å². The van der Waals surface area contributed by atoms with Crippen molar-refractivity contribution in [3.63, 3.8) is 0 Å². The molecule has 0 saturated heterocycles. The summed E-state index contributed by atoms with van der Waals surface area (Å²) >= 11 is 0. The van der Waals surface area contributed by atoms with Gasteiger partial charge < -0.3 is 30.7 Å². The van der Waals surface area contributed by atoms with Crippen LogP contribution >= 0.6 is 0 Å². The number of amides is 5. The summed E-state index contributed by atoms with van der Waals surface area (Å²) in [6.45, 7) is 2.90. The van der Waals surface area contributed by atoms with Gasteiger partial charge in [-0.2, -0.15) is 0 Å². The molecule has 4 aromatic carbocycles. The van der Waals surface area contributed by atoms with Crippen molar-refractivity contribution in [3.8, 4) is 12.0 Å². The van der Waals surface area contributed by atoms with E-state index in [4.69, 9.17) is 14.7 Å². The molecule has 0 heterocycles. The predicted octanol–water partition coefficient (Wildman–Crippen LogP) is 6.63. The number of hydrogen-bond acceptors (Lipinski definition) is 6. The Morgan fingerprint density at radius 2 is 1.07 bits per heavy atom. The predicted molar refractivity (Wildman–Crippen MR) is 177 cm³/mol. The first-order valence-corrected chi connectivity index (χ1v) is 14.9. The van der Waals surface area contributed by atoms with E-state index in [-0.39, 0.29) is 18.7 Å². The van der Waals surface area contributed by atoms with Crippen LogP contribution in [0.25, 0.3) is 0 Å². The third kappa shape index (κ3) is 11.2. The van der Waals surface area contributed by atoms with Gasteiger partial charge in [-0.05, 0) is 97.0 Å². The third-order valence-corrected chi connectivity index (χ3v) is 6.70. The lowest BCUT2D eigenvalue weighted by molar-refractivity contribution is 0.160. The van der Waals surface area contributed by atoms with Gasteiger partial charge in [0.05, 0.1) is 6.61 Å². The van der Waals surface area contributed by atoms with Gasteiger partial charge in [-0.1, -0.05) is 48.5 Å². The topological polar surface area (TPSA) is 154 Å².